The zero-order valence-electron chi connectivity index (χ0n) is 12.1. The fourth-order valence-electron chi connectivity index (χ4n) is 3.23. The summed E-state index contributed by atoms with van der Waals surface area (Å²) >= 11 is 0. The molecule has 0 unspecified atom stereocenters. The molecule has 116 valence electrons. The molecule has 0 aliphatic carbocycles. The van der Waals surface area contributed by atoms with E-state index in [1.807, 2.05) is 18.2 Å². The van der Waals surface area contributed by atoms with E-state index in [0.29, 0.717) is 5.92 Å². The van der Waals surface area contributed by atoms with E-state index < -0.39 is 11.7 Å². The van der Waals surface area contributed by atoms with Crippen LogP contribution in [-0.4, -0.2) is 13.1 Å². The molecule has 2 aromatic carbocycles. The van der Waals surface area contributed by atoms with Gasteiger partial charge >= 0.3 is 6.18 Å². The highest BCUT2D eigenvalue weighted by Crippen LogP contribution is 2.38. The molecule has 1 nitrogen and oxygen atoms in total. The predicted octanol–water partition coefficient (Wildman–Crippen LogP) is 4.57. The summed E-state index contributed by atoms with van der Waals surface area (Å²) in [7, 11) is 0. The van der Waals surface area contributed by atoms with Crippen molar-refractivity contribution in [2.24, 2.45) is 0 Å². The normalized spacial score (nSPS) is 22.5. The third kappa shape index (κ3) is 3.17. The van der Waals surface area contributed by atoms with Crippen molar-refractivity contribution in [3.05, 3.63) is 71.3 Å². The van der Waals surface area contributed by atoms with Gasteiger partial charge in [-0.05, 0) is 42.1 Å². The van der Waals surface area contributed by atoms with Crippen LogP contribution in [0, 0.1) is 0 Å². The summed E-state index contributed by atoms with van der Waals surface area (Å²) < 4.78 is 38.1. The quantitative estimate of drug-likeness (QED) is 0.857. The molecule has 1 fully saturated rings. The van der Waals surface area contributed by atoms with Crippen molar-refractivity contribution in [3.8, 4) is 0 Å². The molecule has 0 bridgehead atoms. The Kier molecular flexibility index (Phi) is 4.21. The van der Waals surface area contributed by atoms with E-state index in [-0.39, 0.29) is 5.92 Å². The molecule has 2 atom stereocenters. The number of hydrogen-bond acceptors (Lipinski definition) is 1. The summed E-state index contributed by atoms with van der Waals surface area (Å²) in [5.41, 5.74) is 1.64. The Morgan fingerprint density at radius 3 is 2.09 bits per heavy atom. The largest absolute Gasteiger partial charge is 0.416 e. The highest BCUT2D eigenvalue weighted by atomic mass is 19.4. The first-order valence-electron chi connectivity index (χ1n) is 7.48. The first-order valence-corrected chi connectivity index (χ1v) is 7.48. The minimum atomic E-state index is -4.27. The summed E-state index contributed by atoms with van der Waals surface area (Å²) in [6.45, 7) is 1.75. The first kappa shape index (κ1) is 15.1. The van der Waals surface area contributed by atoms with E-state index in [9.17, 15) is 13.2 Å². The van der Waals surface area contributed by atoms with Gasteiger partial charge < -0.3 is 5.32 Å². The number of nitrogens with one attached hydrogen (secondary N) is 1. The zero-order chi connectivity index (χ0) is 15.6. The van der Waals surface area contributed by atoms with Gasteiger partial charge in [-0.2, -0.15) is 13.2 Å². The minimum Gasteiger partial charge on any atom is -0.316 e. The molecular weight excluding hydrogens is 287 g/mol. The van der Waals surface area contributed by atoms with Crippen LogP contribution in [0.2, 0.25) is 0 Å². The number of alkyl halides is 3. The van der Waals surface area contributed by atoms with Gasteiger partial charge in [0.2, 0.25) is 0 Å². The van der Waals surface area contributed by atoms with Crippen LogP contribution in [0.4, 0.5) is 13.2 Å². The molecule has 1 N–H and O–H groups in total. The second kappa shape index (κ2) is 6.13. The lowest BCUT2D eigenvalue weighted by atomic mass is 9.77. The van der Waals surface area contributed by atoms with E-state index in [2.05, 4.69) is 17.4 Å². The van der Waals surface area contributed by atoms with Crippen molar-refractivity contribution in [3.63, 3.8) is 0 Å². The number of halogens is 3. The molecule has 1 heterocycles. The smallest absolute Gasteiger partial charge is 0.316 e. The van der Waals surface area contributed by atoms with Gasteiger partial charge in [0, 0.05) is 12.5 Å². The maximum atomic E-state index is 12.7. The number of hydrogen-bond donors (Lipinski definition) is 1. The number of rotatable bonds is 2. The van der Waals surface area contributed by atoms with Crippen molar-refractivity contribution in [1.82, 2.24) is 5.32 Å². The van der Waals surface area contributed by atoms with Gasteiger partial charge in [-0.25, -0.2) is 0 Å². The second-order valence-electron chi connectivity index (χ2n) is 5.74. The Morgan fingerprint density at radius 2 is 1.45 bits per heavy atom. The van der Waals surface area contributed by atoms with E-state index in [1.165, 1.54) is 17.7 Å². The Bertz CT molecular complexity index is 604. The lowest BCUT2D eigenvalue weighted by Crippen LogP contribution is -2.34. The van der Waals surface area contributed by atoms with Crippen LogP contribution in [0.5, 0.6) is 0 Å². The Morgan fingerprint density at radius 1 is 0.818 bits per heavy atom. The maximum Gasteiger partial charge on any atom is 0.416 e. The maximum absolute atomic E-state index is 12.7. The Labute approximate surface area is 128 Å². The average molecular weight is 305 g/mol. The van der Waals surface area contributed by atoms with Gasteiger partial charge in [0.25, 0.3) is 0 Å². The fourth-order valence-corrected chi connectivity index (χ4v) is 3.23. The lowest BCUT2D eigenvalue weighted by molar-refractivity contribution is -0.137. The molecule has 0 spiro atoms. The van der Waals surface area contributed by atoms with Gasteiger partial charge in [0.1, 0.15) is 0 Å². The SMILES string of the molecule is FC(F)(F)c1ccc([C@H]2CCNC[C@@H]2c2ccccc2)cc1. The van der Waals surface area contributed by atoms with Crippen molar-refractivity contribution in [2.75, 3.05) is 13.1 Å². The molecule has 3 rings (SSSR count). The summed E-state index contributed by atoms with van der Waals surface area (Å²) in [4.78, 5) is 0. The molecule has 2 aromatic rings. The van der Waals surface area contributed by atoms with E-state index >= 15 is 0 Å². The molecule has 1 aliphatic rings. The lowest BCUT2D eigenvalue weighted by Gasteiger charge is -2.33. The highest BCUT2D eigenvalue weighted by Gasteiger charge is 2.32. The molecule has 0 amide bonds. The van der Waals surface area contributed by atoms with E-state index in [4.69, 9.17) is 0 Å². The predicted molar refractivity (Wildman–Crippen MR) is 80.9 cm³/mol. The molecule has 1 saturated heterocycles. The van der Waals surface area contributed by atoms with Crippen molar-refractivity contribution in [1.29, 1.82) is 0 Å². The Balaban J connectivity index is 1.88. The van der Waals surface area contributed by atoms with Crippen molar-refractivity contribution >= 4 is 0 Å². The van der Waals surface area contributed by atoms with Crippen molar-refractivity contribution < 1.29 is 13.2 Å². The molecule has 0 aromatic heterocycles. The van der Waals surface area contributed by atoms with Crippen LogP contribution >= 0.6 is 0 Å². The fraction of sp³-hybridized carbons (Fsp3) is 0.333. The molecule has 1 aliphatic heterocycles. The van der Waals surface area contributed by atoms with Crippen LogP contribution in [0.3, 0.4) is 0 Å². The summed E-state index contributed by atoms with van der Waals surface area (Å²) in [6, 6.07) is 15.8. The third-order valence-corrected chi connectivity index (χ3v) is 4.38. The number of benzene rings is 2. The highest BCUT2D eigenvalue weighted by molar-refractivity contribution is 5.32. The molecule has 22 heavy (non-hydrogen) atoms. The van der Waals surface area contributed by atoms with Crippen LogP contribution in [0.25, 0.3) is 0 Å². The minimum absolute atomic E-state index is 0.255. The number of piperidine rings is 1. The third-order valence-electron chi connectivity index (χ3n) is 4.38. The van der Waals surface area contributed by atoms with Crippen molar-refractivity contribution in [2.45, 2.75) is 24.4 Å². The van der Waals surface area contributed by atoms with E-state index in [1.54, 1.807) is 12.1 Å². The Hall–Kier alpha value is -1.81. The van der Waals surface area contributed by atoms with Crippen LogP contribution in [0.15, 0.2) is 54.6 Å². The second-order valence-corrected chi connectivity index (χ2v) is 5.74. The zero-order valence-corrected chi connectivity index (χ0v) is 12.1. The van der Waals surface area contributed by atoms with Gasteiger partial charge in [0.15, 0.2) is 0 Å². The van der Waals surface area contributed by atoms with Gasteiger partial charge in [-0.3, -0.25) is 0 Å². The van der Waals surface area contributed by atoms with Gasteiger partial charge in [-0.15, -0.1) is 0 Å². The molecule has 0 radical (unpaired) electrons. The molecular formula is C18H18F3N. The topological polar surface area (TPSA) is 12.0 Å². The summed E-state index contributed by atoms with van der Waals surface area (Å²) in [5, 5.41) is 3.39. The van der Waals surface area contributed by atoms with Gasteiger partial charge in [-0.1, -0.05) is 42.5 Å². The molecule has 4 heteroatoms. The average Bonchev–Trinajstić information content (AvgIpc) is 2.55. The standard InChI is InChI=1S/C18H18F3N/c19-18(20,21)15-8-6-14(7-9-15)16-10-11-22-12-17(16)13-4-2-1-3-5-13/h1-9,16-17,22H,10-12H2/t16-,17-/m1/s1. The van der Waals surface area contributed by atoms with Crippen LogP contribution in [0.1, 0.15) is 34.9 Å². The molecule has 0 saturated carbocycles. The summed E-state index contributed by atoms with van der Waals surface area (Å²) in [5.74, 6) is 0.553. The first-order chi connectivity index (χ1) is 10.6. The summed E-state index contributed by atoms with van der Waals surface area (Å²) in [6.07, 6.45) is -3.34. The monoisotopic (exact) mass is 305 g/mol. The van der Waals surface area contributed by atoms with Crippen LogP contribution in [-0.2, 0) is 6.18 Å². The van der Waals surface area contributed by atoms with Crippen LogP contribution < -0.4 is 5.32 Å². The van der Waals surface area contributed by atoms with E-state index in [0.717, 1.165) is 25.1 Å². The van der Waals surface area contributed by atoms with Gasteiger partial charge in [0.05, 0.1) is 5.56 Å².